The zero-order chi connectivity index (χ0) is 20.2. The highest BCUT2D eigenvalue weighted by molar-refractivity contribution is 5.98. The van der Waals surface area contributed by atoms with E-state index in [0.29, 0.717) is 24.4 Å². The monoisotopic (exact) mass is 386 g/mol. The number of nitrogens with zero attached hydrogens (tertiary/aromatic N) is 2. The summed E-state index contributed by atoms with van der Waals surface area (Å²) < 4.78 is 5.49. The summed E-state index contributed by atoms with van der Waals surface area (Å²) in [5.41, 5.74) is 3.44. The largest absolute Gasteiger partial charge is 0.482 e. The smallest absolute Gasteiger partial charge is 0.265 e. The molecular formula is C24H22N2O3. The van der Waals surface area contributed by atoms with E-state index >= 15 is 0 Å². The quantitative estimate of drug-likeness (QED) is 0.669. The van der Waals surface area contributed by atoms with Gasteiger partial charge in [0.1, 0.15) is 5.75 Å². The van der Waals surface area contributed by atoms with E-state index in [1.807, 2.05) is 78.9 Å². The Hall–Kier alpha value is -3.60. The lowest BCUT2D eigenvalue weighted by molar-refractivity contribution is -0.121. The molecule has 1 aliphatic rings. The lowest BCUT2D eigenvalue weighted by Gasteiger charge is -2.29. The van der Waals surface area contributed by atoms with Crippen LogP contribution in [0.15, 0.2) is 78.9 Å². The zero-order valence-electron chi connectivity index (χ0n) is 16.2. The minimum atomic E-state index is -0.0774. The van der Waals surface area contributed by atoms with Crippen LogP contribution in [0.25, 0.3) is 0 Å². The first-order valence-electron chi connectivity index (χ1n) is 9.52. The van der Waals surface area contributed by atoms with Gasteiger partial charge in [-0.25, -0.2) is 0 Å². The Morgan fingerprint density at radius 2 is 1.62 bits per heavy atom. The Morgan fingerprint density at radius 3 is 2.38 bits per heavy atom. The standard InChI is InChI=1S/C24H22N2O3/c1-25(15-18-7-3-2-4-8-18)24(28)20-13-11-19(12-14-20)16-26-21-9-5-6-10-22(21)29-17-23(26)27/h2-14H,15-17H2,1H3. The molecule has 2 amide bonds. The molecule has 3 aromatic carbocycles. The van der Waals surface area contributed by atoms with E-state index in [1.54, 1.807) is 16.8 Å². The molecule has 0 N–H and O–H groups in total. The predicted molar refractivity (Wildman–Crippen MR) is 112 cm³/mol. The maximum atomic E-state index is 12.7. The first kappa shape index (κ1) is 18.7. The number of para-hydroxylation sites is 2. The van der Waals surface area contributed by atoms with Crippen molar-refractivity contribution >= 4 is 17.5 Å². The number of fused-ring (bicyclic) bond motifs is 1. The van der Waals surface area contributed by atoms with Crippen molar-refractivity contribution in [3.05, 3.63) is 95.6 Å². The van der Waals surface area contributed by atoms with Crippen molar-refractivity contribution in [2.75, 3.05) is 18.6 Å². The van der Waals surface area contributed by atoms with Crippen molar-refractivity contribution < 1.29 is 14.3 Å². The van der Waals surface area contributed by atoms with Gasteiger partial charge in [-0.1, -0.05) is 54.6 Å². The minimum absolute atomic E-state index is 0.0341. The van der Waals surface area contributed by atoms with Gasteiger partial charge in [0.05, 0.1) is 12.2 Å². The van der Waals surface area contributed by atoms with Gasteiger partial charge in [0, 0.05) is 19.2 Å². The van der Waals surface area contributed by atoms with Gasteiger partial charge in [0.25, 0.3) is 11.8 Å². The molecule has 0 bridgehead atoms. The van der Waals surface area contributed by atoms with Gasteiger partial charge in [-0.05, 0) is 35.4 Å². The molecule has 0 fully saturated rings. The molecule has 1 heterocycles. The van der Waals surface area contributed by atoms with Gasteiger partial charge in [-0.2, -0.15) is 0 Å². The van der Waals surface area contributed by atoms with Crippen LogP contribution in [0.1, 0.15) is 21.5 Å². The van der Waals surface area contributed by atoms with Crippen molar-refractivity contribution in [3.63, 3.8) is 0 Å². The molecule has 0 radical (unpaired) electrons. The van der Waals surface area contributed by atoms with E-state index in [1.165, 1.54) is 0 Å². The van der Waals surface area contributed by atoms with Gasteiger partial charge in [-0.15, -0.1) is 0 Å². The molecule has 0 aromatic heterocycles. The molecule has 5 heteroatoms. The van der Waals surface area contributed by atoms with Crippen molar-refractivity contribution in [1.82, 2.24) is 4.90 Å². The summed E-state index contributed by atoms with van der Waals surface area (Å²) in [5, 5.41) is 0. The third-order valence-corrected chi connectivity index (χ3v) is 4.96. The Bertz CT molecular complexity index is 1020. The topological polar surface area (TPSA) is 49.9 Å². The summed E-state index contributed by atoms with van der Waals surface area (Å²) >= 11 is 0. The van der Waals surface area contributed by atoms with Crippen LogP contribution in [0.5, 0.6) is 5.75 Å². The number of amides is 2. The second-order valence-electron chi connectivity index (χ2n) is 7.08. The second kappa shape index (κ2) is 8.19. The van der Waals surface area contributed by atoms with Crippen molar-refractivity contribution in [2.45, 2.75) is 13.1 Å². The fraction of sp³-hybridized carbons (Fsp3) is 0.167. The van der Waals surface area contributed by atoms with Gasteiger partial charge in [0.2, 0.25) is 0 Å². The van der Waals surface area contributed by atoms with E-state index in [4.69, 9.17) is 4.74 Å². The lowest BCUT2D eigenvalue weighted by Crippen LogP contribution is -2.38. The number of hydrogen-bond donors (Lipinski definition) is 0. The van der Waals surface area contributed by atoms with E-state index in [0.717, 1.165) is 16.8 Å². The maximum absolute atomic E-state index is 12.7. The van der Waals surface area contributed by atoms with Crippen LogP contribution in [0, 0.1) is 0 Å². The molecule has 0 aliphatic carbocycles. The van der Waals surface area contributed by atoms with Gasteiger partial charge >= 0.3 is 0 Å². The minimum Gasteiger partial charge on any atom is -0.482 e. The predicted octanol–water partition coefficient (Wildman–Crippen LogP) is 3.88. The Kier molecular flexibility index (Phi) is 5.29. The molecular weight excluding hydrogens is 364 g/mol. The average Bonchev–Trinajstić information content (AvgIpc) is 2.76. The van der Waals surface area contributed by atoms with Crippen LogP contribution >= 0.6 is 0 Å². The number of rotatable bonds is 5. The second-order valence-corrected chi connectivity index (χ2v) is 7.08. The molecule has 0 spiro atoms. The highest BCUT2D eigenvalue weighted by Gasteiger charge is 2.25. The number of benzene rings is 3. The SMILES string of the molecule is CN(Cc1ccccc1)C(=O)c1ccc(CN2C(=O)COc3ccccc32)cc1. The van der Waals surface area contributed by atoms with Crippen molar-refractivity contribution in [2.24, 2.45) is 0 Å². The van der Waals surface area contributed by atoms with Gasteiger partial charge < -0.3 is 14.5 Å². The van der Waals surface area contributed by atoms with Crippen LogP contribution in [-0.2, 0) is 17.9 Å². The third kappa shape index (κ3) is 4.14. The van der Waals surface area contributed by atoms with E-state index in [-0.39, 0.29) is 18.4 Å². The molecule has 3 aromatic rings. The maximum Gasteiger partial charge on any atom is 0.265 e. The average molecular weight is 386 g/mol. The van der Waals surface area contributed by atoms with E-state index in [9.17, 15) is 9.59 Å². The van der Waals surface area contributed by atoms with Crippen LogP contribution in [-0.4, -0.2) is 30.4 Å². The Balaban J connectivity index is 1.45. The van der Waals surface area contributed by atoms with Crippen molar-refractivity contribution in [3.8, 4) is 5.75 Å². The number of anilines is 1. The normalized spacial score (nSPS) is 12.9. The Labute approximate surface area is 170 Å². The molecule has 5 nitrogen and oxygen atoms in total. The van der Waals surface area contributed by atoms with Gasteiger partial charge in [-0.3, -0.25) is 9.59 Å². The highest BCUT2D eigenvalue weighted by atomic mass is 16.5. The summed E-state index contributed by atoms with van der Waals surface area (Å²) in [7, 11) is 1.80. The summed E-state index contributed by atoms with van der Waals surface area (Å²) in [6, 6.07) is 24.8. The molecule has 0 saturated heterocycles. The van der Waals surface area contributed by atoms with Crippen LogP contribution in [0.4, 0.5) is 5.69 Å². The fourth-order valence-corrected chi connectivity index (χ4v) is 3.41. The third-order valence-electron chi connectivity index (χ3n) is 4.96. The van der Waals surface area contributed by atoms with E-state index < -0.39 is 0 Å². The molecule has 0 unspecified atom stereocenters. The molecule has 29 heavy (non-hydrogen) atoms. The molecule has 1 aliphatic heterocycles. The van der Waals surface area contributed by atoms with Crippen LogP contribution in [0.2, 0.25) is 0 Å². The zero-order valence-corrected chi connectivity index (χ0v) is 16.2. The summed E-state index contributed by atoms with van der Waals surface area (Å²) in [6.45, 7) is 1.03. The summed E-state index contributed by atoms with van der Waals surface area (Å²) in [4.78, 5) is 28.5. The summed E-state index contributed by atoms with van der Waals surface area (Å²) in [5.74, 6) is 0.598. The molecule has 0 saturated carbocycles. The van der Waals surface area contributed by atoms with Crippen LogP contribution in [0.3, 0.4) is 0 Å². The van der Waals surface area contributed by atoms with Gasteiger partial charge in [0.15, 0.2) is 6.61 Å². The van der Waals surface area contributed by atoms with Crippen LogP contribution < -0.4 is 9.64 Å². The molecule has 0 atom stereocenters. The Morgan fingerprint density at radius 1 is 0.931 bits per heavy atom. The first-order valence-corrected chi connectivity index (χ1v) is 9.52. The lowest BCUT2D eigenvalue weighted by atomic mass is 10.1. The molecule has 146 valence electrons. The summed E-state index contributed by atoms with van der Waals surface area (Å²) in [6.07, 6.45) is 0. The number of hydrogen-bond acceptors (Lipinski definition) is 3. The van der Waals surface area contributed by atoms with E-state index in [2.05, 4.69) is 0 Å². The number of ether oxygens (including phenoxy) is 1. The first-order chi connectivity index (χ1) is 14.1. The fourth-order valence-electron chi connectivity index (χ4n) is 3.41. The van der Waals surface area contributed by atoms with Crippen molar-refractivity contribution in [1.29, 1.82) is 0 Å². The number of carbonyl (C=O) groups is 2. The molecule has 4 rings (SSSR count). The highest BCUT2D eigenvalue weighted by Crippen LogP contribution is 2.32. The number of carbonyl (C=O) groups excluding carboxylic acids is 2.